The van der Waals surface area contributed by atoms with E-state index in [1.54, 1.807) is 25.5 Å². The number of benzene rings is 1. The first kappa shape index (κ1) is 15.2. The lowest BCUT2D eigenvalue weighted by Gasteiger charge is -2.01. The molecule has 0 radical (unpaired) electrons. The Bertz CT molecular complexity index is 808. The van der Waals surface area contributed by atoms with Crippen molar-refractivity contribution in [2.24, 2.45) is 0 Å². The molecule has 1 N–H and O–H groups in total. The van der Waals surface area contributed by atoms with Gasteiger partial charge in [0.25, 0.3) is 5.91 Å². The first-order valence-corrected chi connectivity index (χ1v) is 7.84. The lowest BCUT2D eigenvalue weighted by Crippen LogP contribution is -2.12. The molecule has 0 spiro atoms. The Labute approximate surface area is 137 Å². The molecular weight excluding hydrogens is 314 g/mol. The van der Waals surface area contributed by atoms with E-state index in [1.807, 2.05) is 24.3 Å². The fraction of sp³-hybridized carbons (Fsp3) is 0.188. The van der Waals surface area contributed by atoms with Gasteiger partial charge in [-0.15, -0.1) is 11.3 Å². The van der Waals surface area contributed by atoms with Gasteiger partial charge in [0.05, 0.1) is 12.1 Å². The molecule has 3 aromatic rings. The third-order valence-corrected chi connectivity index (χ3v) is 4.02. The first-order valence-electron chi connectivity index (χ1n) is 6.96. The molecule has 0 aliphatic carbocycles. The maximum atomic E-state index is 12.1. The van der Waals surface area contributed by atoms with Gasteiger partial charge in [-0.3, -0.25) is 4.79 Å². The Morgan fingerprint density at radius 2 is 2.13 bits per heavy atom. The molecule has 0 fully saturated rings. The van der Waals surface area contributed by atoms with Gasteiger partial charge in [0.2, 0.25) is 0 Å². The topological polar surface area (TPSA) is 77.2 Å². The summed E-state index contributed by atoms with van der Waals surface area (Å²) in [6.07, 6.45) is 0.672. The molecule has 0 unspecified atom stereocenters. The number of carbonyl (C=O) groups excluding carboxylic acids is 1. The molecule has 1 aromatic carbocycles. The Morgan fingerprint density at radius 3 is 2.78 bits per heavy atom. The van der Waals surface area contributed by atoms with Gasteiger partial charge in [-0.2, -0.15) is 0 Å². The van der Waals surface area contributed by atoms with Crippen molar-refractivity contribution in [2.45, 2.75) is 13.3 Å². The van der Waals surface area contributed by atoms with Crippen LogP contribution in [-0.4, -0.2) is 23.2 Å². The van der Waals surface area contributed by atoms with Gasteiger partial charge >= 0.3 is 0 Å². The molecule has 0 aliphatic heterocycles. The van der Waals surface area contributed by atoms with Crippen LogP contribution in [0.5, 0.6) is 5.75 Å². The number of thiazole rings is 1. The van der Waals surface area contributed by atoms with Gasteiger partial charge in [-0.25, -0.2) is 4.98 Å². The molecule has 0 atom stereocenters. The van der Waals surface area contributed by atoms with E-state index in [2.05, 4.69) is 15.5 Å². The van der Waals surface area contributed by atoms with E-state index in [-0.39, 0.29) is 5.91 Å². The number of ether oxygens (including phenoxy) is 1. The van der Waals surface area contributed by atoms with Gasteiger partial charge in [-0.05, 0) is 24.6 Å². The molecule has 6 nitrogen and oxygen atoms in total. The zero-order chi connectivity index (χ0) is 16.2. The van der Waals surface area contributed by atoms with E-state index in [1.165, 1.54) is 11.3 Å². The molecule has 2 heterocycles. The molecular formula is C16H15N3O3S. The van der Waals surface area contributed by atoms with Crippen molar-refractivity contribution < 1.29 is 14.1 Å². The van der Waals surface area contributed by atoms with Crippen LogP contribution in [0.4, 0.5) is 5.82 Å². The van der Waals surface area contributed by atoms with Gasteiger partial charge in [0.15, 0.2) is 5.82 Å². The highest BCUT2D eigenvalue weighted by Gasteiger charge is 2.13. The second-order valence-corrected chi connectivity index (χ2v) is 5.87. The fourth-order valence-electron chi connectivity index (χ4n) is 2.02. The largest absolute Gasteiger partial charge is 0.497 e. The number of aryl methyl sites for hydroxylation is 1. The highest BCUT2D eigenvalue weighted by Crippen LogP contribution is 2.18. The number of amides is 1. The number of anilines is 1. The van der Waals surface area contributed by atoms with E-state index in [0.29, 0.717) is 23.7 Å². The average Bonchev–Trinajstić information content (AvgIpc) is 3.17. The summed E-state index contributed by atoms with van der Waals surface area (Å²) in [5.41, 5.74) is 1.48. The second-order valence-electron chi connectivity index (χ2n) is 4.93. The summed E-state index contributed by atoms with van der Waals surface area (Å²) in [4.78, 5) is 16.5. The van der Waals surface area contributed by atoms with Crippen molar-refractivity contribution in [3.05, 3.63) is 57.7 Å². The molecule has 0 aliphatic rings. The number of nitrogens with one attached hydrogen (secondary N) is 1. The minimum absolute atomic E-state index is 0.296. The van der Waals surface area contributed by atoms with Crippen molar-refractivity contribution in [3.63, 3.8) is 0 Å². The van der Waals surface area contributed by atoms with Crippen LogP contribution in [0, 0.1) is 6.92 Å². The molecule has 0 saturated heterocycles. The van der Waals surface area contributed by atoms with E-state index >= 15 is 0 Å². The van der Waals surface area contributed by atoms with Crippen LogP contribution in [0.2, 0.25) is 0 Å². The Hall–Kier alpha value is -2.67. The summed E-state index contributed by atoms with van der Waals surface area (Å²) in [7, 11) is 1.64. The Kier molecular flexibility index (Phi) is 4.38. The molecule has 2 aromatic heterocycles. The molecule has 0 bridgehead atoms. The van der Waals surface area contributed by atoms with Crippen LogP contribution < -0.4 is 10.1 Å². The van der Waals surface area contributed by atoms with E-state index < -0.39 is 0 Å². The zero-order valence-electron chi connectivity index (χ0n) is 12.7. The lowest BCUT2D eigenvalue weighted by molar-refractivity contribution is 0.102. The van der Waals surface area contributed by atoms with E-state index in [4.69, 9.17) is 9.26 Å². The fourth-order valence-corrected chi connectivity index (χ4v) is 2.83. The summed E-state index contributed by atoms with van der Waals surface area (Å²) < 4.78 is 10.0. The van der Waals surface area contributed by atoms with E-state index in [0.717, 1.165) is 16.3 Å². The number of aromatic nitrogens is 2. The second kappa shape index (κ2) is 6.62. The number of methoxy groups -OCH3 is 1. The van der Waals surface area contributed by atoms with Crippen molar-refractivity contribution in [2.75, 3.05) is 12.4 Å². The van der Waals surface area contributed by atoms with Gasteiger partial charge < -0.3 is 14.6 Å². The van der Waals surface area contributed by atoms with Gasteiger partial charge in [-0.1, -0.05) is 17.3 Å². The predicted molar refractivity (Wildman–Crippen MR) is 87.1 cm³/mol. The quantitative estimate of drug-likeness (QED) is 0.777. The maximum absolute atomic E-state index is 12.1. The third kappa shape index (κ3) is 3.75. The summed E-state index contributed by atoms with van der Waals surface area (Å²) in [5.74, 6) is 1.54. The first-order chi connectivity index (χ1) is 11.1. The van der Waals surface area contributed by atoms with Crippen LogP contribution in [0.3, 0.4) is 0 Å². The van der Waals surface area contributed by atoms with Crippen molar-refractivity contribution in [1.82, 2.24) is 10.1 Å². The highest BCUT2D eigenvalue weighted by molar-refractivity contribution is 7.09. The predicted octanol–water partition coefficient (Wildman–Crippen LogP) is 3.29. The Balaban J connectivity index is 1.65. The molecule has 1 amide bonds. The van der Waals surface area contributed by atoms with Crippen LogP contribution in [0.1, 0.15) is 26.8 Å². The number of carbonyl (C=O) groups is 1. The van der Waals surface area contributed by atoms with Crippen LogP contribution in [0.15, 0.2) is 40.2 Å². The van der Waals surface area contributed by atoms with Crippen molar-refractivity contribution in [3.8, 4) is 5.75 Å². The summed E-state index contributed by atoms with van der Waals surface area (Å²) in [6, 6.07) is 9.44. The highest BCUT2D eigenvalue weighted by atomic mass is 32.1. The normalized spacial score (nSPS) is 10.5. The standard InChI is InChI=1S/C16H15N3O3S/c1-10-7-14(19-22-10)18-16(20)13-9-23-15(17-13)8-11-3-5-12(21-2)6-4-11/h3-7,9H,8H2,1-2H3,(H,18,19,20). The third-order valence-electron chi connectivity index (χ3n) is 3.17. The number of hydrogen-bond acceptors (Lipinski definition) is 6. The summed E-state index contributed by atoms with van der Waals surface area (Å²) in [6.45, 7) is 1.76. The zero-order valence-corrected chi connectivity index (χ0v) is 13.5. The number of hydrogen-bond donors (Lipinski definition) is 1. The number of nitrogens with zero attached hydrogens (tertiary/aromatic N) is 2. The van der Waals surface area contributed by atoms with Crippen LogP contribution >= 0.6 is 11.3 Å². The summed E-state index contributed by atoms with van der Waals surface area (Å²) in [5, 5.41) is 8.99. The van der Waals surface area contributed by atoms with Crippen molar-refractivity contribution in [1.29, 1.82) is 0 Å². The maximum Gasteiger partial charge on any atom is 0.276 e. The van der Waals surface area contributed by atoms with Crippen molar-refractivity contribution >= 4 is 23.1 Å². The van der Waals surface area contributed by atoms with Gasteiger partial charge in [0.1, 0.15) is 17.2 Å². The van der Waals surface area contributed by atoms with E-state index in [9.17, 15) is 4.79 Å². The molecule has 118 valence electrons. The molecule has 23 heavy (non-hydrogen) atoms. The SMILES string of the molecule is COc1ccc(Cc2nc(C(=O)Nc3cc(C)on3)cs2)cc1. The molecule has 0 saturated carbocycles. The monoisotopic (exact) mass is 329 g/mol. The average molecular weight is 329 g/mol. The smallest absolute Gasteiger partial charge is 0.276 e. The molecule has 7 heteroatoms. The summed E-state index contributed by atoms with van der Waals surface area (Å²) >= 11 is 1.45. The lowest BCUT2D eigenvalue weighted by atomic mass is 10.1. The Morgan fingerprint density at radius 1 is 1.35 bits per heavy atom. The minimum atomic E-state index is -0.296. The van der Waals surface area contributed by atoms with Crippen LogP contribution in [-0.2, 0) is 6.42 Å². The molecule has 3 rings (SSSR count). The van der Waals surface area contributed by atoms with Gasteiger partial charge in [0, 0.05) is 17.9 Å². The minimum Gasteiger partial charge on any atom is -0.497 e. The van der Waals surface area contributed by atoms with Crippen LogP contribution in [0.25, 0.3) is 0 Å². The number of rotatable bonds is 5.